The number of hydrogen-bond acceptors (Lipinski definition) is 10. The van der Waals surface area contributed by atoms with Gasteiger partial charge < -0.3 is 15.2 Å². The molecule has 2 heterocycles. The van der Waals surface area contributed by atoms with Crippen LogP contribution in [0.1, 0.15) is 11.5 Å². The van der Waals surface area contributed by atoms with Crippen molar-refractivity contribution in [3.63, 3.8) is 0 Å². The zero-order valence-electron chi connectivity index (χ0n) is 20.3. The van der Waals surface area contributed by atoms with E-state index in [0.29, 0.717) is 22.1 Å². The van der Waals surface area contributed by atoms with Crippen LogP contribution in [-0.2, 0) is 19.1 Å². The van der Waals surface area contributed by atoms with Gasteiger partial charge in [-0.3, -0.25) is 4.90 Å². The maximum atomic E-state index is 13.1. The van der Waals surface area contributed by atoms with Gasteiger partial charge >= 0.3 is 11.9 Å². The summed E-state index contributed by atoms with van der Waals surface area (Å²) in [5, 5.41) is 10.8. The third-order valence-electron chi connectivity index (χ3n) is 5.85. The van der Waals surface area contributed by atoms with Crippen LogP contribution in [0.5, 0.6) is 0 Å². The minimum absolute atomic E-state index is 0.00358. The number of hydrogen-bond donors (Lipinski definition) is 1. The lowest BCUT2D eigenvalue weighted by molar-refractivity contribution is -0.139. The molecule has 0 saturated heterocycles. The monoisotopic (exact) mass is 513 g/mol. The molecule has 186 valence electrons. The Morgan fingerprint density at radius 3 is 2.30 bits per heavy atom. The van der Waals surface area contributed by atoms with Gasteiger partial charge in [-0.05, 0) is 30.0 Å². The number of benzene rings is 2. The lowest BCUT2D eigenvalue weighted by Gasteiger charge is -2.35. The van der Waals surface area contributed by atoms with Crippen molar-refractivity contribution in [1.29, 1.82) is 5.26 Å². The Balaban J connectivity index is 1.92. The van der Waals surface area contributed by atoms with Crippen molar-refractivity contribution in [2.24, 2.45) is 5.73 Å². The minimum Gasteiger partial charge on any atom is -0.466 e. The Morgan fingerprint density at radius 1 is 1.03 bits per heavy atom. The predicted molar refractivity (Wildman–Crippen MR) is 139 cm³/mol. The summed E-state index contributed by atoms with van der Waals surface area (Å²) < 4.78 is 10.1. The average Bonchev–Trinajstić information content (AvgIpc) is 2.96. The molecule has 1 atom stereocenters. The predicted octanol–water partition coefficient (Wildman–Crippen LogP) is 3.76. The zero-order valence-corrected chi connectivity index (χ0v) is 21.2. The van der Waals surface area contributed by atoms with Crippen LogP contribution in [0.4, 0.5) is 5.69 Å². The molecule has 4 rings (SSSR count). The summed E-state index contributed by atoms with van der Waals surface area (Å²) in [7, 11) is 2.42. The second-order valence-corrected chi connectivity index (χ2v) is 8.58. The smallest absolute Gasteiger partial charge is 0.355 e. The quantitative estimate of drug-likeness (QED) is 0.295. The standard InChI is InChI=1S/C27H23N5O4S/c1-35-25(33)22-21(17-7-5-4-6-8-17)19(15-28)24(29)32(23(22)26(34)36-2)18-11-9-16(10-12-18)20-13-14-30-27(31-20)37-3/h4-14,21H,29H2,1-3H3. The van der Waals surface area contributed by atoms with Crippen molar-refractivity contribution in [3.05, 3.63) is 95.1 Å². The molecule has 1 aromatic heterocycles. The molecule has 0 saturated carbocycles. The number of nitrogens with zero attached hydrogens (tertiary/aromatic N) is 4. The zero-order chi connectivity index (χ0) is 26.5. The average molecular weight is 514 g/mol. The first-order valence-electron chi connectivity index (χ1n) is 11.1. The van der Waals surface area contributed by atoms with Crippen molar-refractivity contribution in [1.82, 2.24) is 9.97 Å². The normalized spacial score (nSPS) is 15.3. The van der Waals surface area contributed by atoms with E-state index < -0.39 is 17.9 Å². The van der Waals surface area contributed by atoms with Gasteiger partial charge in [0.05, 0.1) is 43.0 Å². The second kappa shape index (κ2) is 11.0. The van der Waals surface area contributed by atoms with E-state index in [0.717, 1.165) is 5.56 Å². The first-order valence-corrected chi connectivity index (χ1v) is 12.3. The first kappa shape index (κ1) is 25.5. The van der Waals surface area contributed by atoms with Gasteiger partial charge in [-0.15, -0.1) is 0 Å². The van der Waals surface area contributed by atoms with E-state index in [-0.39, 0.29) is 22.7 Å². The number of ether oxygens (including phenoxy) is 2. The maximum absolute atomic E-state index is 13.1. The SMILES string of the molecule is COC(=O)C1=C(C(=O)OC)N(c2ccc(-c3ccnc(SC)n3)cc2)C(N)=C(C#N)C1c1ccccc1. The first-order chi connectivity index (χ1) is 17.9. The van der Waals surface area contributed by atoms with Gasteiger partial charge in [0.1, 0.15) is 11.5 Å². The molecule has 2 aromatic carbocycles. The van der Waals surface area contributed by atoms with E-state index in [1.807, 2.05) is 12.3 Å². The molecule has 0 radical (unpaired) electrons. The summed E-state index contributed by atoms with van der Waals surface area (Å²) in [4.78, 5) is 36.3. The van der Waals surface area contributed by atoms with E-state index in [4.69, 9.17) is 15.2 Å². The van der Waals surface area contributed by atoms with Gasteiger partial charge in [0, 0.05) is 17.4 Å². The van der Waals surface area contributed by atoms with Crippen LogP contribution in [0.15, 0.2) is 94.7 Å². The number of anilines is 1. The number of carbonyl (C=O) groups excluding carboxylic acids is 2. The van der Waals surface area contributed by atoms with E-state index in [1.54, 1.807) is 60.8 Å². The number of nitriles is 1. The Hall–Kier alpha value is -4.62. The van der Waals surface area contributed by atoms with Gasteiger partial charge in [-0.2, -0.15) is 5.26 Å². The number of esters is 2. The summed E-state index contributed by atoms with van der Waals surface area (Å²) >= 11 is 1.43. The molecule has 2 N–H and O–H groups in total. The molecule has 10 heteroatoms. The Labute approximate surface area is 218 Å². The third kappa shape index (κ3) is 4.77. The van der Waals surface area contributed by atoms with Gasteiger partial charge in [-0.1, -0.05) is 54.2 Å². The number of allylic oxidation sites excluding steroid dienone is 1. The fourth-order valence-corrected chi connectivity index (χ4v) is 4.52. The summed E-state index contributed by atoms with van der Waals surface area (Å²) in [6.45, 7) is 0. The Bertz CT molecular complexity index is 1450. The van der Waals surface area contributed by atoms with Crippen molar-refractivity contribution >= 4 is 29.4 Å². The highest BCUT2D eigenvalue weighted by atomic mass is 32.2. The number of rotatable bonds is 6. The lowest BCUT2D eigenvalue weighted by atomic mass is 9.81. The topological polar surface area (TPSA) is 131 Å². The summed E-state index contributed by atoms with van der Waals surface area (Å²) in [5.41, 5.74) is 9.03. The highest BCUT2D eigenvalue weighted by Gasteiger charge is 2.42. The Morgan fingerprint density at radius 2 is 1.70 bits per heavy atom. The van der Waals surface area contributed by atoms with Crippen molar-refractivity contribution in [2.75, 3.05) is 25.4 Å². The molecule has 37 heavy (non-hydrogen) atoms. The van der Waals surface area contributed by atoms with Crippen molar-refractivity contribution < 1.29 is 19.1 Å². The maximum Gasteiger partial charge on any atom is 0.355 e. The van der Waals surface area contributed by atoms with Crippen LogP contribution >= 0.6 is 11.8 Å². The van der Waals surface area contributed by atoms with Crippen molar-refractivity contribution in [3.8, 4) is 17.3 Å². The number of methoxy groups -OCH3 is 2. The van der Waals surface area contributed by atoms with Gasteiger partial charge in [-0.25, -0.2) is 19.6 Å². The largest absolute Gasteiger partial charge is 0.466 e. The molecule has 0 aliphatic carbocycles. The fraction of sp³-hybridized carbons (Fsp3) is 0.148. The van der Waals surface area contributed by atoms with Gasteiger partial charge in [0.25, 0.3) is 0 Å². The van der Waals surface area contributed by atoms with Crippen LogP contribution < -0.4 is 10.6 Å². The molecule has 0 bridgehead atoms. The van der Waals surface area contributed by atoms with E-state index >= 15 is 0 Å². The second-order valence-electron chi connectivity index (χ2n) is 7.81. The minimum atomic E-state index is -0.922. The van der Waals surface area contributed by atoms with Crippen LogP contribution in [0.25, 0.3) is 11.3 Å². The highest BCUT2D eigenvalue weighted by molar-refractivity contribution is 7.98. The summed E-state index contributed by atoms with van der Waals surface area (Å²) in [6, 6.07) is 19.8. The summed E-state index contributed by atoms with van der Waals surface area (Å²) in [5.74, 6) is -2.49. The molecule has 0 fully saturated rings. The molecule has 0 amide bonds. The molecule has 1 aliphatic heterocycles. The van der Waals surface area contributed by atoms with E-state index in [9.17, 15) is 14.9 Å². The Kier molecular flexibility index (Phi) is 7.55. The van der Waals surface area contributed by atoms with Gasteiger partial charge in [0.2, 0.25) is 0 Å². The summed E-state index contributed by atoms with van der Waals surface area (Å²) in [6.07, 6.45) is 3.57. The van der Waals surface area contributed by atoms with Gasteiger partial charge in [0.15, 0.2) is 5.16 Å². The van der Waals surface area contributed by atoms with Crippen LogP contribution in [0.2, 0.25) is 0 Å². The highest BCUT2D eigenvalue weighted by Crippen LogP contribution is 2.43. The molecule has 0 spiro atoms. The van der Waals surface area contributed by atoms with Crippen molar-refractivity contribution in [2.45, 2.75) is 11.1 Å². The molecular formula is C27H23N5O4S. The lowest BCUT2D eigenvalue weighted by Crippen LogP contribution is -2.40. The third-order valence-corrected chi connectivity index (χ3v) is 6.41. The number of aromatic nitrogens is 2. The molecule has 1 unspecified atom stereocenters. The van der Waals surface area contributed by atoms with E-state index in [2.05, 4.69) is 16.0 Å². The van der Waals surface area contributed by atoms with Crippen LogP contribution in [-0.4, -0.2) is 42.4 Å². The fourth-order valence-electron chi connectivity index (χ4n) is 4.16. The van der Waals surface area contributed by atoms with Crippen LogP contribution in [0, 0.1) is 11.3 Å². The number of carbonyl (C=O) groups is 2. The molecular weight excluding hydrogens is 490 g/mol. The van der Waals surface area contributed by atoms with Crippen LogP contribution in [0.3, 0.4) is 0 Å². The number of thioether (sulfide) groups is 1. The number of nitrogens with two attached hydrogens (primary N) is 1. The molecule has 3 aromatic rings. The van der Waals surface area contributed by atoms with E-state index in [1.165, 1.54) is 30.9 Å². The molecule has 9 nitrogen and oxygen atoms in total. The molecule has 1 aliphatic rings.